The molecule has 1 saturated heterocycles. The van der Waals surface area contributed by atoms with Gasteiger partial charge < -0.3 is 14.7 Å². The molecule has 0 bridgehead atoms. The third-order valence-electron chi connectivity index (χ3n) is 4.92. The van der Waals surface area contributed by atoms with Gasteiger partial charge in [0.1, 0.15) is 0 Å². The van der Waals surface area contributed by atoms with Gasteiger partial charge in [0.25, 0.3) is 0 Å². The fourth-order valence-corrected chi connectivity index (χ4v) is 3.62. The fraction of sp³-hybridized carbons (Fsp3) is 1.00. The summed E-state index contributed by atoms with van der Waals surface area (Å²) in [4.78, 5) is 2.51. The minimum atomic E-state index is -0.135. The van der Waals surface area contributed by atoms with Gasteiger partial charge in [-0.15, -0.1) is 0 Å². The SMILES string of the molecule is CCCOC1CCCN(CC2CCC(C)(C)C2O)C1. The van der Waals surface area contributed by atoms with Crippen LogP contribution in [0, 0.1) is 11.3 Å². The van der Waals surface area contributed by atoms with Crippen LogP contribution in [0.1, 0.15) is 52.9 Å². The predicted octanol–water partition coefficient (Wildman–Crippen LogP) is 2.67. The third kappa shape index (κ3) is 3.93. The Morgan fingerprint density at radius 1 is 1.32 bits per heavy atom. The van der Waals surface area contributed by atoms with Crippen LogP contribution >= 0.6 is 0 Å². The second-order valence-electron chi connectivity index (χ2n) is 7.13. The molecule has 3 unspecified atom stereocenters. The number of likely N-dealkylation sites (tertiary alicyclic amines) is 1. The molecular formula is C16H31NO2. The van der Waals surface area contributed by atoms with Crippen molar-refractivity contribution in [3.63, 3.8) is 0 Å². The molecule has 1 N–H and O–H groups in total. The zero-order valence-corrected chi connectivity index (χ0v) is 12.9. The van der Waals surface area contributed by atoms with Crippen molar-refractivity contribution in [2.24, 2.45) is 11.3 Å². The standard InChI is InChI=1S/C16H31NO2/c1-4-10-19-14-6-5-9-17(12-14)11-13-7-8-16(2,3)15(13)18/h13-15,18H,4-12H2,1-3H3. The average molecular weight is 269 g/mol. The third-order valence-corrected chi connectivity index (χ3v) is 4.92. The Labute approximate surface area is 118 Å². The van der Waals surface area contributed by atoms with Crippen LogP contribution in [0.15, 0.2) is 0 Å². The van der Waals surface area contributed by atoms with E-state index in [-0.39, 0.29) is 11.5 Å². The molecule has 3 atom stereocenters. The Bertz CT molecular complexity index is 280. The number of aliphatic hydroxyl groups is 1. The van der Waals surface area contributed by atoms with Gasteiger partial charge in [-0.1, -0.05) is 20.8 Å². The van der Waals surface area contributed by atoms with Gasteiger partial charge in [0.2, 0.25) is 0 Å². The summed E-state index contributed by atoms with van der Waals surface area (Å²) in [5, 5.41) is 10.4. The number of piperidine rings is 1. The lowest BCUT2D eigenvalue weighted by molar-refractivity contribution is -0.0167. The maximum Gasteiger partial charge on any atom is 0.0702 e. The van der Waals surface area contributed by atoms with Crippen LogP contribution in [0.3, 0.4) is 0 Å². The monoisotopic (exact) mass is 269 g/mol. The molecule has 2 aliphatic rings. The first-order valence-corrected chi connectivity index (χ1v) is 8.05. The van der Waals surface area contributed by atoms with Crippen molar-refractivity contribution >= 4 is 0 Å². The van der Waals surface area contributed by atoms with Crippen molar-refractivity contribution in [2.45, 2.75) is 65.1 Å². The van der Waals surface area contributed by atoms with E-state index in [1.807, 2.05) is 0 Å². The summed E-state index contributed by atoms with van der Waals surface area (Å²) in [6, 6.07) is 0. The van der Waals surface area contributed by atoms with Gasteiger partial charge in [-0.3, -0.25) is 0 Å². The molecule has 2 fully saturated rings. The minimum absolute atomic E-state index is 0.110. The Kier molecular flexibility index (Phi) is 5.27. The van der Waals surface area contributed by atoms with Crippen LogP contribution in [0.5, 0.6) is 0 Å². The highest BCUT2D eigenvalue weighted by Gasteiger charge is 2.41. The van der Waals surface area contributed by atoms with Crippen LogP contribution in [-0.2, 0) is 4.74 Å². The van der Waals surface area contributed by atoms with E-state index in [4.69, 9.17) is 4.74 Å². The lowest BCUT2D eigenvalue weighted by atomic mass is 9.87. The molecule has 1 saturated carbocycles. The van der Waals surface area contributed by atoms with Crippen molar-refractivity contribution in [1.82, 2.24) is 4.90 Å². The summed E-state index contributed by atoms with van der Waals surface area (Å²) in [5.74, 6) is 0.458. The van der Waals surface area contributed by atoms with Crippen molar-refractivity contribution < 1.29 is 9.84 Å². The van der Waals surface area contributed by atoms with Crippen LogP contribution < -0.4 is 0 Å². The number of hydrogen-bond acceptors (Lipinski definition) is 3. The van der Waals surface area contributed by atoms with Gasteiger partial charge in [-0.2, -0.15) is 0 Å². The highest BCUT2D eigenvalue weighted by molar-refractivity contribution is 4.92. The first-order valence-electron chi connectivity index (χ1n) is 8.05. The Morgan fingerprint density at radius 3 is 2.74 bits per heavy atom. The largest absolute Gasteiger partial charge is 0.392 e. The summed E-state index contributed by atoms with van der Waals surface area (Å²) in [7, 11) is 0. The zero-order chi connectivity index (χ0) is 13.9. The van der Waals surface area contributed by atoms with E-state index >= 15 is 0 Å². The highest BCUT2D eigenvalue weighted by atomic mass is 16.5. The number of hydrogen-bond donors (Lipinski definition) is 1. The summed E-state index contributed by atoms with van der Waals surface area (Å²) < 4.78 is 5.89. The quantitative estimate of drug-likeness (QED) is 0.833. The molecule has 1 aliphatic heterocycles. The predicted molar refractivity (Wildman–Crippen MR) is 78.2 cm³/mol. The normalized spacial score (nSPS) is 35.7. The van der Waals surface area contributed by atoms with Crippen LogP contribution in [0.2, 0.25) is 0 Å². The molecule has 3 nitrogen and oxygen atoms in total. The molecule has 0 aromatic heterocycles. The lowest BCUT2D eigenvalue weighted by Crippen LogP contribution is -2.44. The molecule has 0 aromatic rings. The molecule has 0 spiro atoms. The highest BCUT2D eigenvalue weighted by Crippen LogP contribution is 2.41. The molecule has 1 aliphatic carbocycles. The van der Waals surface area contributed by atoms with E-state index in [0.29, 0.717) is 12.0 Å². The maximum atomic E-state index is 10.4. The summed E-state index contributed by atoms with van der Waals surface area (Å²) in [6.07, 6.45) is 6.15. The summed E-state index contributed by atoms with van der Waals surface area (Å²) >= 11 is 0. The van der Waals surface area contributed by atoms with Crippen molar-refractivity contribution in [3.05, 3.63) is 0 Å². The van der Waals surface area contributed by atoms with E-state index in [1.165, 1.54) is 25.8 Å². The second kappa shape index (κ2) is 6.55. The summed E-state index contributed by atoms with van der Waals surface area (Å²) in [6.45, 7) is 10.7. The number of aliphatic hydroxyl groups excluding tert-OH is 1. The molecule has 2 rings (SSSR count). The number of ether oxygens (including phenoxy) is 1. The molecular weight excluding hydrogens is 238 g/mol. The molecule has 0 aromatic carbocycles. The maximum absolute atomic E-state index is 10.4. The van der Waals surface area contributed by atoms with E-state index in [1.54, 1.807) is 0 Å². The van der Waals surface area contributed by atoms with Gasteiger partial charge in [-0.25, -0.2) is 0 Å². The van der Waals surface area contributed by atoms with E-state index < -0.39 is 0 Å². The molecule has 1 heterocycles. The number of nitrogens with zero attached hydrogens (tertiary/aromatic N) is 1. The number of rotatable bonds is 5. The van der Waals surface area contributed by atoms with Crippen LogP contribution in [0.25, 0.3) is 0 Å². The van der Waals surface area contributed by atoms with Crippen LogP contribution in [-0.4, -0.2) is 48.5 Å². The van der Waals surface area contributed by atoms with Gasteiger partial charge in [0.05, 0.1) is 12.2 Å². The second-order valence-corrected chi connectivity index (χ2v) is 7.13. The summed E-state index contributed by atoms with van der Waals surface area (Å²) in [5.41, 5.74) is 0.110. The lowest BCUT2D eigenvalue weighted by Gasteiger charge is -2.35. The fourth-order valence-electron chi connectivity index (χ4n) is 3.62. The van der Waals surface area contributed by atoms with Crippen molar-refractivity contribution in [3.8, 4) is 0 Å². The zero-order valence-electron chi connectivity index (χ0n) is 12.9. The van der Waals surface area contributed by atoms with Gasteiger partial charge in [0.15, 0.2) is 0 Å². The van der Waals surface area contributed by atoms with Gasteiger partial charge in [0, 0.05) is 19.7 Å². The Hall–Kier alpha value is -0.120. The van der Waals surface area contributed by atoms with Crippen molar-refractivity contribution in [1.29, 1.82) is 0 Å². The smallest absolute Gasteiger partial charge is 0.0702 e. The topological polar surface area (TPSA) is 32.7 Å². The van der Waals surface area contributed by atoms with E-state index in [9.17, 15) is 5.11 Å². The first kappa shape index (κ1) is 15.3. The Morgan fingerprint density at radius 2 is 2.11 bits per heavy atom. The van der Waals surface area contributed by atoms with Gasteiger partial charge in [-0.05, 0) is 50.0 Å². The van der Waals surface area contributed by atoms with E-state index in [0.717, 1.165) is 32.5 Å². The van der Waals surface area contributed by atoms with Crippen molar-refractivity contribution in [2.75, 3.05) is 26.2 Å². The average Bonchev–Trinajstić information content (AvgIpc) is 2.64. The molecule has 112 valence electrons. The van der Waals surface area contributed by atoms with Crippen LogP contribution in [0.4, 0.5) is 0 Å². The molecule has 19 heavy (non-hydrogen) atoms. The molecule has 3 heteroatoms. The first-order chi connectivity index (χ1) is 9.03. The van der Waals surface area contributed by atoms with Gasteiger partial charge >= 0.3 is 0 Å². The van der Waals surface area contributed by atoms with E-state index in [2.05, 4.69) is 25.7 Å². The molecule has 0 radical (unpaired) electrons. The molecule has 0 amide bonds. The minimum Gasteiger partial charge on any atom is -0.392 e. The Balaban J connectivity index is 1.79.